The number of fused-ring (bicyclic) bond motifs is 2. The number of aromatic nitrogens is 1. The Balaban J connectivity index is 1.56. The molecule has 0 saturated carbocycles. The van der Waals surface area contributed by atoms with Crippen molar-refractivity contribution in [1.29, 1.82) is 0 Å². The minimum atomic E-state index is -0.326. The molecule has 4 aromatic carbocycles. The fourth-order valence-corrected chi connectivity index (χ4v) is 5.15. The second-order valence-corrected chi connectivity index (χ2v) is 9.94. The first-order valence-corrected chi connectivity index (χ1v) is 13.0. The number of carbonyl (C=O) groups excluding carboxylic acids is 1. The Hall–Kier alpha value is -4.36. The summed E-state index contributed by atoms with van der Waals surface area (Å²) in [6.07, 6.45) is 0. The third-order valence-electron chi connectivity index (χ3n) is 6.58. The topological polar surface area (TPSA) is 69.6 Å². The molecule has 0 bridgehead atoms. The van der Waals surface area contributed by atoms with Crippen LogP contribution in [-0.2, 0) is 13.1 Å². The summed E-state index contributed by atoms with van der Waals surface area (Å²) < 4.78 is 13.4. The number of rotatable bonds is 6. The smallest absolute Gasteiger partial charge is 0.268 e. The molecule has 0 aliphatic carbocycles. The Morgan fingerprint density at radius 1 is 0.816 bits per heavy atom. The van der Waals surface area contributed by atoms with Crippen LogP contribution in [0.3, 0.4) is 0 Å². The van der Waals surface area contributed by atoms with Crippen LogP contribution in [0.2, 0.25) is 0 Å². The van der Waals surface area contributed by atoms with Crippen molar-refractivity contribution in [2.75, 3.05) is 6.79 Å². The molecule has 5 aromatic rings. The average Bonchev–Trinajstić information content (AvgIpc) is 3.42. The molecule has 7 heteroatoms. The van der Waals surface area contributed by atoms with Gasteiger partial charge in [0.1, 0.15) is 5.69 Å². The molecule has 188 valence electrons. The highest BCUT2D eigenvalue weighted by Gasteiger charge is 2.24. The highest BCUT2D eigenvalue weighted by Crippen LogP contribution is 2.35. The molecule has 0 spiro atoms. The van der Waals surface area contributed by atoms with Crippen LogP contribution in [0.1, 0.15) is 21.6 Å². The van der Waals surface area contributed by atoms with Crippen molar-refractivity contribution in [2.45, 2.75) is 13.1 Å². The number of amides is 1. The van der Waals surface area contributed by atoms with E-state index in [2.05, 4.69) is 21.2 Å². The molecule has 6 nitrogen and oxygen atoms in total. The lowest BCUT2D eigenvalue weighted by Gasteiger charge is -2.20. The van der Waals surface area contributed by atoms with Gasteiger partial charge in [-0.05, 0) is 52.4 Å². The van der Waals surface area contributed by atoms with E-state index in [-0.39, 0.29) is 24.8 Å². The summed E-state index contributed by atoms with van der Waals surface area (Å²) in [5, 5.41) is 4.29. The SMILES string of the molecule is O=C(NCc1ccccc1)c1c(-c2ccccc2)c2cc(Br)ccc2c(=O)n1Cc1ccc2c(c1)OCO2. The number of halogens is 1. The zero-order valence-electron chi connectivity index (χ0n) is 20.3. The first-order valence-electron chi connectivity index (χ1n) is 12.2. The molecule has 0 atom stereocenters. The summed E-state index contributed by atoms with van der Waals surface area (Å²) in [4.78, 5) is 27.9. The third-order valence-corrected chi connectivity index (χ3v) is 7.08. The van der Waals surface area contributed by atoms with Gasteiger partial charge in [-0.3, -0.25) is 14.2 Å². The van der Waals surface area contributed by atoms with Crippen LogP contribution in [0.25, 0.3) is 21.9 Å². The molecule has 1 N–H and O–H groups in total. The van der Waals surface area contributed by atoms with Crippen LogP contribution in [0, 0.1) is 0 Å². The summed E-state index contributed by atoms with van der Waals surface area (Å²) in [5.41, 5.74) is 3.40. The van der Waals surface area contributed by atoms with Crippen molar-refractivity contribution in [3.05, 3.63) is 129 Å². The maximum Gasteiger partial charge on any atom is 0.268 e. The molecule has 38 heavy (non-hydrogen) atoms. The van der Waals surface area contributed by atoms with Gasteiger partial charge in [-0.2, -0.15) is 0 Å². The minimum absolute atomic E-state index is 0.162. The van der Waals surface area contributed by atoms with Crippen LogP contribution >= 0.6 is 15.9 Å². The molecule has 1 aliphatic heterocycles. The van der Waals surface area contributed by atoms with Crippen LogP contribution in [0.15, 0.2) is 106 Å². The van der Waals surface area contributed by atoms with Gasteiger partial charge in [-0.15, -0.1) is 0 Å². The maximum absolute atomic E-state index is 14.0. The molecule has 1 aliphatic rings. The van der Waals surface area contributed by atoms with Gasteiger partial charge in [0.05, 0.1) is 6.54 Å². The molecule has 1 aromatic heterocycles. The van der Waals surface area contributed by atoms with Gasteiger partial charge in [0.15, 0.2) is 11.5 Å². The van der Waals surface area contributed by atoms with Crippen LogP contribution in [-0.4, -0.2) is 17.3 Å². The minimum Gasteiger partial charge on any atom is -0.454 e. The standard InChI is InChI=1S/C31H23BrN2O4/c32-23-12-13-24-25(16-23)28(22-9-5-2-6-10-22)29(30(35)33-17-20-7-3-1-4-8-20)34(31(24)36)18-21-11-14-26-27(15-21)38-19-37-26/h1-16H,17-19H2,(H,33,35). The summed E-state index contributed by atoms with van der Waals surface area (Å²) in [7, 11) is 0. The van der Waals surface area contributed by atoms with Crippen molar-refractivity contribution < 1.29 is 14.3 Å². The van der Waals surface area contributed by atoms with E-state index in [4.69, 9.17) is 9.47 Å². The predicted octanol–water partition coefficient (Wildman–Crippen LogP) is 6.14. The predicted molar refractivity (Wildman–Crippen MR) is 151 cm³/mol. The number of nitrogens with one attached hydrogen (secondary N) is 1. The van der Waals surface area contributed by atoms with Gasteiger partial charge >= 0.3 is 0 Å². The normalized spacial score (nSPS) is 12.0. The molecule has 0 unspecified atom stereocenters. The van der Waals surface area contributed by atoms with Crippen LogP contribution < -0.4 is 20.3 Å². The zero-order chi connectivity index (χ0) is 26.1. The summed E-state index contributed by atoms with van der Waals surface area (Å²) in [6.45, 7) is 0.687. The number of carbonyl (C=O) groups is 1. The maximum atomic E-state index is 14.0. The number of hydrogen-bond donors (Lipinski definition) is 1. The molecular weight excluding hydrogens is 544 g/mol. The molecule has 2 heterocycles. The Morgan fingerprint density at radius 3 is 2.34 bits per heavy atom. The highest BCUT2D eigenvalue weighted by atomic mass is 79.9. The van der Waals surface area contributed by atoms with Crippen molar-refractivity contribution >= 4 is 32.6 Å². The van der Waals surface area contributed by atoms with Crippen molar-refractivity contribution in [1.82, 2.24) is 9.88 Å². The van der Waals surface area contributed by atoms with Crippen molar-refractivity contribution in [3.63, 3.8) is 0 Å². The molecule has 6 rings (SSSR count). The molecule has 1 amide bonds. The van der Waals surface area contributed by atoms with Gasteiger partial charge in [0.25, 0.3) is 11.5 Å². The van der Waals surface area contributed by atoms with Crippen LogP contribution in [0.4, 0.5) is 0 Å². The Kier molecular flexibility index (Phi) is 6.43. The molecule has 0 fully saturated rings. The summed E-state index contributed by atoms with van der Waals surface area (Å²) >= 11 is 3.55. The van der Waals surface area contributed by atoms with Crippen molar-refractivity contribution in [3.8, 4) is 22.6 Å². The summed E-state index contributed by atoms with van der Waals surface area (Å²) in [6, 6.07) is 30.5. The zero-order valence-corrected chi connectivity index (χ0v) is 21.9. The third kappa shape index (κ3) is 4.57. The van der Waals surface area contributed by atoms with E-state index in [1.54, 1.807) is 10.6 Å². The number of benzene rings is 4. The number of ether oxygens (including phenoxy) is 2. The number of nitrogens with zero attached hydrogens (tertiary/aromatic N) is 1. The second kappa shape index (κ2) is 10.2. The quantitative estimate of drug-likeness (QED) is 0.268. The highest BCUT2D eigenvalue weighted by molar-refractivity contribution is 9.10. The Labute approximate surface area is 227 Å². The van der Waals surface area contributed by atoms with E-state index >= 15 is 0 Å². The number of pyridine rings is 1. The van der Waals surface area contributed by atoms with Gasteiger partial charge in [0, 0.05) is 22.0 Å². The van der Waals surface area contributed by atoms with E-state index in [1.807, 2.05) is 91.0 Å². The van der Waals surface area contributed by atoms with Gasteiger partial charge < -0.3 is 14.8 Å². The molecule has 0 saturated heterocycles. The lowest BCUT2D eigenvalue weighted by atomic mass is 9.96. The van der Waals surface area contributed by atoms with Gasteiger partial charge in [0.2, 0.25) is 6.79 Å². The lowest BCUT2D eigenvalue weighted by molar-refractivity contribution is 0.0941. The molecule has 0 radical (unpaired) electrons. The lowest BCUT2D eigenvalue weighted by Crippen LogP contribution is -2.33. The monoisotopic (exact) mass is 566 g/mol. The average molecular weight is 567 g/mol. The van der Waals surface area contributed by atoms with Crippen LogP contribution in [0.5, 0.6) is 11.5 Å². The Bertz CT molecular complexity index is 1720. The summed E-state index contributed by atoms with van der Waals surface area (Å²) in [5.74, 6) is 0.960. The molecular formula is C31H23BrN2O4. The van der Waals surface area contributed by atoms with E-state index < -0.39 is 0 Å². The fraction of sp³-hybridized carbons (Fsp3) is 0.0968. The van der Waals surface area contributed by atoms with E-state index in [0.717, 1.165) is 21.2 Å². The second-order valence-electron chi connectivity index (χ2n) is 9.03. The van der Waals surface area contributed by atoms with E-state index in [1.165, 1.54) is 0 Å². The Morgan fingerprint density at radius 2 is 1.55 bits per heavy atom. The van der Waals surface area contributed by atoms with Crippen molar-refractivity contribution in [2.24, 2.45) is 0 Å². The van der Waals surface area contributed by atoms with Gasteiger partial charge in [-0.25, -0.2) is 0 Å². The van der Waals surface area contributed by atoms with E-state index in [9.17, 15) is 9.59 Å². The van der Waals surface area contributed by atoms with Gasteiger partial charge in [-0.1, -0.05) is 82.7 Å². The first kappa shape index (κ1) is 24.0. The first-order chi connectivity index (χ1) is 18.6. The van der Waals surface area contributed by atoms with E-state index in [0.29, 0.717) is 40.1 Å². The number of hydrogen-bond acceptors (Lipinski definition) is 4. The largest absolute Gasteiger partial charge is 0.454 e. The fourth-order valence-electron chi connectivity index (χ4n) is 4.79.